The molecule has 1 N–H and O–H groups in total. The van der Waals surface area contributed by atoms with Gasteiger partial charge in [-0.1, -0.05) is 26.2 Å². The second-order valence-corrected chi connectivity index (χ2v) is 5.73. The maximum absolute atomic E-state index is 12.5. The molecule has 1 fully saturated rings. The largest absolute Gasteiger partial charge is 0.507 e. The van der Waals surface area contributed by atoms with E-state index in [1.54, 1.807) is 7.11 Å². The molecule has 1 aromatic rings. The first-order chi connectivity index (χ1) is 9.68. The topological polar surface area (TPSA) is 38.3 Å². The van der Waals surface area contributed by atoms with Gasteiger partial charge in [-0.05, 0) is 12.8 Å². The molecule has 0 unspecified atom stereocenters. The van der Waals surface area contributed by atoms with Crippen LogP contribution in [0.3, 0.4) is 0 Å². The molecular formula is C17H20NO2W-. The van der Waals surface area contributed by atoms with Crippen LogP contribution in [0.1, 0.15) is 43.2 Å². The van der Waals surface area contributed by atoms with Crippen molar-refractivity contribution in [2.75, 3.05) is 7.11 Å². The van der Waals surface area contributed by atoms with E-state index in [-0.39, 0.29) is 32.5 Å². The number of carbonyl (C=O) groups is 1. The van der Waals surface area contributed by atoms with Gasteiger partial charge in [-0.3, -0.25) is 4.79 Å². The van der Waals surface area contributed by atoms with E-state index in [4.69, 9.17) is 4.74 Å². The molecule has 112 valence electrons. The van der Waals surface area contributed by atoms with Crippen LogP contribution >= 0.6 is 0 Å². The first kappa shape index (κ1) is 16.3. The molecule has 1 saturated carbocycles. The zero-order valence-electron chi connectivity index (χ0n) is 12.5. The molecule has 1 aliphatic heterocycles. The normalized spacial score (nSPS) is 20.2. The van der Waals surface area contributed by atoms with Gasteiger partial charge >= 0.3 is 0 Å². The van der Waals surface area contributed by atoms with E-state index >= 15 is 0 Å². The minimum absolute atomic E-state index is 0. The van der Waals surface area contributed by atoms with Crippen molar-refractivity contribution in [3.63, 3.8) is 0 Å². The van der Waals surface area contributed by atoms with Gasteiger partial charge in [0, 0.05) is 26.6 Å². The van der Waals surface area contributed by atoms with Crippen LogP contribution in [0.5, 0.6) is 0 Å². The number of methoxy groups -OCH3 is 1. The summed E-state index contributed by atoms with van der Waals surface area (Å²) in [4.78, 5) is 12.5. The molecule has 21 heavy (non-hydrogen) atoms. The van der Waals surface area contributed by atoms with Gasteiger partial charge in [-0.15, -0.1) is 35.4 Å². The molecule has 3 nitrogen and oxygen atoms in total. The summed E-state index contributed by atoms with van der Waals surface area (Å²) >= 11 is 0. The number of aryl methyl sites for hydroxylation is 1. The van der Waals surface area contributed by atoms with E-state index in [0.717, 1.165) is 42.6 Å². The maximum Gasteiger partial charge on any atom is 0.214 e. The fraction of sp³-hybridized carbons (Fsp3) is 0.471. The molecule has 3 rings (SSSR count). The maximum atomic E-state index is 12.5. The number of amides is 1. The van der Waals surface area contributed by atoms with Gasteiger partial charge in [0.25, 0.3) is 0 Å². The Labute approximate surface area is 140 Å². The first-order valence-corrected chi connectivity index (χ1v) is 7.27. The minimum atomic E-state index is -0.282. The van der Waals surface area contributed by atoms with Crippen molar-refractivity contribution in [3.05, 3.63) is 41.2 Å². The van der Waals surface area contributed by atoms with Crippen molar-refractivity contribution in [1.82, 2.24) is 5.32 Å². The average molecular weight is 454 g/mol. The molecule has 0 aromatic heterocycles. The van der Waals surface area contributed by atoms with Gasteiger partial charge < -0.3 is 10.1 Å². The summed E-state index contributed by atoms with van der Waals surface area (Å²) in [6.07, 6.45) is 5.45. The molecule has 0 radical (unpaired) electrons. The number of hydrogen-bond acceptors (Lipinski definition) is 2. The van der Waals surface area contributed by atoms with Crippen molar-refractivity contribution in [2.45, 2.75) is 44.6 Å². The quantitative estimate of drug-likeness (QED) is 0.699. The Balaban J connectivity index is 0.00000161. The number of benzene rings is 1. The molecule has 0 atom stereocenters. The zero-order valence-corrected chi connectivity index (χ0v) is 15.4. The Morgan fingerprint density at radius 3 is 2.62 bits per heavy atom. The van der Waals surface area contributed by atoms with Crippen LogP contribution in [-0.2, 0) is 30.6 Å². The van der Waals surface area contributed by atoms with Gasteiger partial charge in [0.15, 0.2) is 0 Å². The fourth-order valence-electron chi connectivity index (χ4n) is 3.50. The van der Waals surface area contributed by atoms with Crippen LogP contribution in [0.15, 0.2) is 24.0 Å². The van der Waals surface area contributed by atoms with Crippen LogP contribution in [0, 0.1) is 13.0 Å². The van der Waals surface area contributed by atoms with Crippen LogP contribution in [0.2, 0.25) is 0 Å². The molecule has 1 heterocycles. The number of rotatable bonds is 2. The molecule has 2 aliphatic rings. The van der Waals surface area contributed by atoms with Crippen LogP contribution < -0.4 is 5.32 Å². The van der Waals surface area contributed by atoms with Crippen molar-refractivity contribution in [2.24, 2.45) is 0 Å². The van der Waals surface area contributed by atoms with Gasteiger partial charge in [0.1, 0.15) is 0 Å². The summed E-state index contributed by atoms with van der Waals surface area (Å²) in [5.41, 5.74) is 2.31. The van der Waals surface area contributed by atoms with Gasteiger partial charge in [-0.25, -0.2) is 0 Å². The number of nitrogens with one attached hydrogen (secondary N) is 1. The molecule has 0 saturated heterocycles. The summed E-state index contributed by atoms with van der Waals surface area (Å²) in [7, 11) is 1.67. The monoisotopic (exact) mass is 454 g/mol. The summed E-state index contributed by atoms with van der Waals surface area (Å²) < 4.78 is 5.67. The van der Waals surface area contributed by atoms with Crippen LogP contribution in [0.25, 0.3) is 5.57 Å². The van der Waals surface area contributed by atoms with E-state index in [2.05, 4.69) is 11.4 Å². The number of ether oxygens (including phenoxy) is 1. The SMILES string of the molecule is COC1=C(c2[c-]cccc2C)C(=O)NC12CCCCC2.[W]. The number of hydrogen-bond donors (Lipinski definition) is 1. The second-order valence-electron chi connectivity index (χ2n) is 5.73. The second kappa shape index (κ2) is 6.35. The van der Waals surface area contributed by atoms with Crippen molar-refractivity contribution >= 4 is 11.5 Å². The van der Waals surface area contributed by atoms with E-state index in [1.165, 1.54) is 6.42 Å². The number of carbonyl (C=O) groups excluding carboxylic acids is 1. The molecule has 1 aromatic carbocycles. The van der Waals surface area contributed by atoms with Gasteiger partial charge in [-0.2, -0.15) is 0 Å². The molecule has 1 spiro atoms. The van der Waals surface area contributed by atoms with E-state index in [0.29, 0.717) is 5.57 Å². The third kappa shape index (κ3) is 2.68. The van der Waals surface area contributed by atoms with E-state index in [1.807, 2.05) is 25.1 Å². The Bertz CT molecular complexity index is 574. The van der Waals surface area contributed by atoms with Gasteiger partial charge in [0.05, 0.1) is 18.4 Å². The average Bonchev–Trinajstić information content (AvgIpc) is 2.71. The smallest absolute Gasteiger partial charge is 0.214 e. The predicted molar refractivity (Wildman–Crippen MR) is 77.9 cm³/mol. The third-order valence-corrected chi connectivity index (χ3v) is 4.47. The zero-order chi connectivity index (χ0) is 14.2. The summed E-state index contributed by atoms with van der Waals surface area (Å²) in [5.74, 6) is 0.794. The van der Waals surface area contributed by atoms with Gasteiger partial charge in [0.2, 0.25) is 5.91 Å². The Hall–Kier alpha value is -1.08. The molecule has 0 bridgehead atoms. The molecule has 1 aliphatic carbocycles. The first-order valence-electron chi connectivity index (χ1n) is 7.27. The van der Waals surface area contributed by atoms with E-state index < -0.39 is 0 Å². The Morgan fingerprint density at radius 1 is 1.29 bits per heavy atom. The minimum Gasteiger partial charge on any atom is -0.507 e. The molecule has 4 heteroatoms. The molecular weight excluding hydrogens is 434 g/mol. The van der Waals surface area contributed by atoms with Crippen LogP contribution in [-0.4, -0.2) is 18.6 Å². The Kier molecular flexibility index (Phi) is 4.93. The van der Waals surface area contributed by atoms with E-state index in [9.17, 15) is 4.79 Å². The summed E-state index contributed by atoms with van der Waals surface area (Å²) in [5, 5.41) is 3.19. The van der Waals surface area contributed by atoms with Crippen molar-refractivity contribution in [3.8, 4) is 0 Å². The van der Waals surface area contributed by atoms with Crippen molar-refractivity contribution in [1.29, 1.82) is 0 Å². The summed E-state index contributed by atoms with van der Waals surface area (Å²) in [6.45, 7) is 2.01. The Morgan fingerprint density at radius 2 is 2.00 bits per heavy atom. The standard InChI is InChI=1S/C17H20NO2.W/c1-12-8-4-5-9-13(12)14-15(20-2)17(18-16(14)19)10-6-3-7-11-17;/h4-5,8H,3,6-7,10-11H2,1-2H3,(H,18,19);/q-1;. The third-order valence-electron chi connectivity index (χ3n) is 4.47. The summed E-state index contributed by atoms with van der Waals surface area (Å²) in [6, 6.07) is 8.99. The molecule has 1 amide bonds. The van der Waals surface area contributed by atoms with Crippen molar-refractivity contribution < 1.29 is 30.6 Å². The fourth-order valence-corrected chi connectivity index (χ4v) is 3.50. The predicted octanol–water partition coefficient (Wildman–Crippen LogP) is 2.98. The van der Waals surface area contributed by atoms with Crippen LogP contribution in [0.4, 0.5) is 0 Å².